The maximum absolute atomic E-state index is 13.5. The van der Waals surface area contributed by atoms with E-state index >= 15 is 0 Å². The van der Waals surface area contributed by atoms with E-state index in [0.717, 1.165) is 31.6 Å². The molecule has 0 aromatic heterocycles. The van der Waals surface area contributed by atoms with Crippen molar-refractivity contribution >= 4 is 5.69 Å². The third kappa shape index (κ3) is 4.86. The van der Waals surface area contributed by atoms with Gasteiger partial charge in [-0.3, -0.25) is 0 Å². The van der Waals surface area contributed by atoms with E-state index in [1.165, 1.54) is 12.1 Å². The molecule has 2 rings (SSSR count). The Morgan fingerprint density at radius 1 is 1.29 bits per heavy atom. The first-order chi connectivity index (χ1) is 10.1. The van der Waals surface area contributed by atoms with Crippen LogP contribution in [0.3, 0.4) is 0 Å². The predicted molar refractivity (Wildman–Crippen MR) is 82.4 cm³/mol. The number of ether oxygens (including phenoxy) is 2. The molecule has 118 valence electrons. The molecule has 1 aromatic rings. The van der Waals surface area contributed by atoms with Crippen molar-refractivity contribution in [2.75, 3.05) is 31.2 Å². The van der Waals surface area contributed by atoms with Gasteiger partial charge >= 0.3 is 0 Å². The average Bonchev–Trinajstić information content (AvgIpc) is 2.45. The van der Waals surface area contributed by atoms with E-state index in [2.05, 4.69) is 4.90 Å². The summed E-state index contributed by atoms with van der Waals surface area (Å²) in [6, 6.07) is 4.90. The molecule has 0 radical (unpaired) electrons. The maximum atomic E-state index is 13.5. The van der Waals surface area contributed by atoms with Gasteiger partial charge in [0.1, 0.15) is 18.2 Å². The van der Waals surface area contributed by atoms with Crippen molar-refractivity contribution in [1.82, 2.24) is 0 Å². The fourth-order valence-corrected chi connectivity index (χ4v) is 2.44. The number of halogens is 1. The summed E-state index contributed by atoms with van der Waals surface area (Å²) in [6.07, 6.45) is 2.03. The number of nitrogens with two attached hydrogens (primary N) is 1. The standard InChI is InChI=1S/C16H25FN2O2/c1-12(2)20-9-10-21-16-4-3-13(17)11-15(16)19-7-5-14(18)6-8-19/h3-4,11-12,14H,5-10,18H2,1-2H3. The van der Waals surface area contributed by atoms with Crippen molar-refractivity contribution in [1.29, 1.82) is 0 Å². The van der Waals surface area contributed by atoms with Crippen molar-refractivity contribution in [2.24, 2.45) is 5.73 Å². The van der Waals surface area contributed by atoms with Gasteiger partial charge in [0.15, 0.2) is 0 Å². The molecule has 1 aromatic carbocycles. The van der Waals surface area contributed by atoms with Crippen LogP contribution in [0, 0.1) is 5.82 Å². The maximum Gasteiger partial charge on any atom is 0.142 e. The molecule has 0 amide bonds. The molecule has 1 heterocycles. The number of piperidine rings is 1. The summed E-state index contributed by atoms with van der Waals surface area (Å²) in [5.74, 6) is 0.463. The summed E-state index contributed by atoms with van der Waals surface area (Å²) in [4.78, 5) is 2.14. The molecule has 0 aliphatic carbocycles. The van der Waals surface area contributed by atoms with Crippen LogP contribution in [0.2, 0.25) is 0 Å². The molecule has 0 bridgehead atoms. The average molecular weight is 296 g/mol. The molecule has 0 saturated carbocycles. The van der Waals surface area contributed by atoms with Crippen LogP contribution in [0.4, 0.5) is 10.1 Å². The molecule has 21 heavy (non-hydrogen) atoms. The van der Waals surface area contributed by atoms with Gasteiger partial charge in [-0.05, 0) is 38.8 Å². The number of nitrogens with zero attached hydrogens (tertiary/aromatic N) is 1. The highest BCUT2D eigenvalue weighted by Gasteiger charge is 2.19. The highest BCUT2D eigenvalue weighted by Crippen LogP contribution is 2.31. The third-order valence-corrected chi connectivity index (χ3v) is 3.59. The third-order valence-electron chi connectivity index (χ3n) is 3.59. The van der Waals surface area contributed by atoms with Crippen LogP contribution in [0.1, 0.15) is 26.7 Å². The van der Waals surface area contributed by atoms with E-state index in [-0.39, 0.29) is 18.0 Å². The van der Waals surface area contributed by atoms with Crippen LogP contribution in [0.5, 0.6) is 5.75 Å². The normalized spacial score (nSPS) is 16.5. The Hall–Kier alpha value is -1.33. The number of hydrogen-bond donors (Lipinski definition) is 1. The molecular weight excluding hydrogens is 271 g/mol. The highest BCUT2D eigenvalue weighted by atomic mass is 19.1. The Labute approximate surface area is 126 Å². The second kappa shape index (κ2) is 7.61. The van der Waals surface area contributed by atoms with E-state index < -0.39 is 0 Å². The van der Waals surface area contributed by atoms with Gasteiger partial charge in [-0.1, -0.05) is 0 Å². The Morgan fingerprint density at radius 2 is 2.00 bits per heavy atom. The van der Waals surface area contributed by atoms with Gasteiger partial charge in [-0.15, -0.1) is 0 Å². The fraction of sp³-hybridized carbons (Fsp3) is 0.625. The first-order valence-corrected chi connectivity index (χ1v) is 7.60. The minimum absolute atomic E-state index is 0.185. The first kappa shape index (κ1) is 16.0. The lowest BCUT2D eigenvalue weighted by Crippen LogP contribution is -2.39. The van der Waals surface area contributed by atoms with Gasteiger partial charge in [-0.25, -0.2) is 4.39 Å². The lowest BCUT2D eigenvalue weighted by atomic mass is 10.1. The second-order valence-corrected chi connectivity index (χ2v) is 5.70. The molecule has 2 N–H and O–H groups in total. The van der Waals surface area contributed by atoms with Crippen molar-refractivity contribution in [3.8, 4) is 5.75 Å². The largest absolute Gasteiger partial charge is 0.489 e. The van der Waals surface area contributed by atoms with Crippen molar-refractivity contribution < 1.29 is 13.9 Å². The summed E-state index contributed by atoms with van der Waals surface area (Å²) in [5.41, 5.74) is 6.73. The van der Waals surface area contributed by atoms with Gasteiger partial charge in [0.25, 0.3) is 0 Å². The number of benzene rings is 1. The molecule has 1 aliphatic rings. The Morgan fingerprint density at radius 3 is 2.67 bits per heavy atom. The molecule has 0 atom stereocenters. The molecule has 4 nitrogen and oxygen atoms in total. The summed E-state index contributed by atoms with van der Waals surface area (Å²) >= 11 is 0. The van der Waals surface area contributed by atoms with Crippen molar-refractivity contribution in [2.45, 2.75) is 38.8 Å². The van der Waals surface area contributed by atoms with Crippen LogP contribution < -0.4 is 15.4 Å². The van der Waals surface area contributed by atoms with Gasteiger partial charge in [0.05, 0.1) is 18.4 Å². The minimum atomic E-state index is -0.245. The molecule has 1 fully saturated rings. The number of anilines is 1. The number of hydrogen-bond acceptors (Lipinski definition) is 4. The van der Waals surface area contributed by atoms with Gasteiger partial charge in [0.2, 0.25) is 0 Å². The van der Waals surface area contributed by atoms with Crippen molar-refractivity contribution in [3.05, 3.63) is 24.0 Å². The zero-order valence-electron chi connectivity index (χ0n) is 12.8. The smallest absolute Gasteiger partial charge is 0.142 e. The quantitative estimate of drug-likeness (QED) is 0.820. The Bertz CT molecular complexity index is 446. The minimum Gasteiger partial charge on any atom is -0.489 e. The van der Waals surface area contributed by atoms with E-state index in [0.29, 0.717) is 19.0 Å². The topological polar surface area (TPSA) is 47.7 Å². The molecule has 1 saturated heterocycles. The fourth-order valence-electron chi connectivity index (χ4n) is 2.44. The molecule has 0 spiro atoms. The predicted octanol–water partition coefficient (Wildman–Crippen LogP) is 2.56. The van der Waals surface area contributed by atoms with E-state index in [1.807, 2.05) is 13.8 Å². The van der Waals surface area contributed by atoms with Gasteiger partial charge < -0.3 is 20.1 Å². The highest BCUT2D eigenvalue weighted by molar-refractivity contribution is 5.59. The molecule has 5 heteroatoms. The molecular formula is C16H25FN2O2. The monoisotopic (exact) mass is 296 g/mol. The Balaban J connectivity index is 2.00. The van der Waals surface area contributed by atoms with Crippen LogP contribution >= 0.6 is 0 Å². The SMILES string of the molecule is CC(C)OCCOc1ccc(F)cc1N1CCC(N)CC1. The van der Waals surface area contributed by atoms with E-state index in [4.69, 9.17) is 15.2 Å². The zero-order valence-corrected chi connectivity index (χ0v) is 12.8. The first-order valence-electron chi connectivity index (χ1n) is 7.60. The lowest BCUT2D eigenvalue weighted by Gasteiger charge is -2.33. The Kier molecular flexibility index (Phi) is 5.82. The van der Waals surface area contributed by atoms with Crippen molar-refractivity contribution in [3.63, 3.8) is 0 Å². The summed E-state index contributed by atoms with van der Waals surface area (Å²) in [5, 5.41) is 0. The zero-order chi connectivity index (χ0) is 15.2. The van der Waals surface area contributed by atoms with Crippen LogP contribution in [0.15, 0.2) is 18.2 Å². The summed E-state index contributed by atoms with van der Waals surface area (Å²) in [6.45, 7) is 6.64. The lowest BCUT2D eigenvalue weighted by molar-refractivity contribution is 0.0553. The second-order valence-electron chi connectivity index (χ2n) is 5.70. The van der Waals surface area contributed by atoms with E-state index in [1.54, 1.807) is 6.07 Å². The summed E-state index contributed by atoms with van der Waals surface area (Å²) < 4.78 is 24.8. The molecule has 1 aliphatic heterocycles. The van der Waals surface area contributed by atoms with Crippen LogP contribution in [-0.4, -0.2) is 38.4 Å². The van der Waals surface area contributed by atoms with E-state index in [9.17, 15) is 4.39 Å². The van der Waals surface area contributed by atoms with Gasteiger partial charge in [0, 0.05) is 25.2 Å². The number of rotatable bonds is 6. The van der Waals surface area contributed by atoms with Crippen LogP contribution in [-0.2, 0) is 4.74 Å². The summed E-state index contributed by atoms with van der Waals surface area (Å²) in [7, 11) is 0. The van der Waals surface area contributed by atoms with Gasteiger partial charge in [-0.2, -0.15) is 0 Å². The molecule has 0 unspecified atom stereocenters. The van der Waals surface area contributed by atoms with Crippen LogP contribution in [0.25, 0.3) is 0 Å².